The maximum absolute atomic E-state index is 11.9. The number of amides is 1. The molecule has 0 bridgehead atoms. The Kier molecular flexibility index (Phi) is 8.84. The van der Waals surface area contributed by atoms with Crippen molar-refractivity contribution in [2.75, 3.05) is 32.7 Å². The molecule has 1 atom stereocenters. The Morgan fingerprint density at radius 3 is 2.79 bits per heavy atom. The van der Waals surface area contributed by atoms with E-state index in [9.17, 15) is 4.79 Å². The molecule has 112 valence electrons. The zero-order valence-corrected chi connectivity index (χ0v) is 12.7. The van der Waals surface area contributed by atoms with Crippen molar-refractivity contribution < 1.29 is 4.79 Å². The lowest BCUT2D eigenvalue weighted by Gasteiger charge is -2.35. The molecule has 1 amide bonds. The summed E-state index contributed by atoms with van der Waals surface area (Å²) in [7, 11) is 0. The van der Waals surface area contributed by atoms with Gasteiger partial charge in [0.15, 0.2) is 0 Å². The predicted octanol–water partition coefficient (Wildman–Crippen LogP) is 1.76. The Morgan fingerprint density at radius 2 is 2.05 bits per heavy atom. The molecule has 1 rings (SSSR count). The summed E-state index contributed by atoms with van der Waals surface area (Å²) in [5.74, 6) is 0.191. The molecule has 1 saturated heterocycles. The van der Waals surface area contributed by atoms with Crippen LogP contribution in [0.2, 0.25) is 0 Å². The molecule has 0 aliphatic carbocycles. The topological polar surface area (TPSA) is 44.4 Å². The number of carbonyl (C=O) groups excluding carboxylic acids is 1. The van der Waals surface area contributed by atoms with Crippen molar-refractivity contribution in [3.05, 3.63) is 0 Å². The first-order chi connectivity index (χ1) is 9.27. The summed E-state index contributed by atoms with van der Waals surface area (Å²) in [6.07, 6.45) is 7.13. The van der Waals surface area contributed by atoms with Crippen LogP contribution in [-0.2, 0) is 4.79 Å². The number of piperidine rings is 1. The quantitative estimate of drug-likeness (QED) is 0.627. The van der Waals surface area contributed by atoms with Crippen LogP contribution in [0.15, 0.2) is 0 Å². The van der Waals surface area contributed by atoms with Gasteiger partial charge in [-0.25, -0.2) is 0 Å². The number of hydrogen-bond acceptors (Lipinski definition) is 3. The summed E-state index contributed by atoms with van der Waals surface area (Å²) in [6.45, 7) is 8.89. The third-order valence-corrected chi connectivity index (χ3v) is 3.76. The second-order valence-corrected chi connectivity index (χ2v) is 5.53. The molecule has 0 saturated carbocycles. The van der Waals surface area contributed by atoms with Crippen molar-refractivity contribution in [2.24, 2.45) is 0 Å². The van der Waals surface area contributed by atoms with Gasteiger partial charge in [-0.1, -0.05) is 26.7 Å². The maximum Gasteiger partial charge on any atom is 0.234 e. The summed E-state index contributed by atoms with van der Waals surface area (Å²) < 4.78 is 0. The van der Waals surface area contributed by atoms with Crippen molar-refractivity contribution in [3.63, 3.8) is 0 Å². The van der Waals surface area contributed by atoms with E-state index in [0.29, 0.717) is 12.6 Å². The Labute approximate surface area is 118 Å². The highest BCUT2D eigenvalue weighted by Gasteiger charge is 2.23. The average Bonchev–Trinajstić information content (AvgIpc) is 2.41. The fourth-order valence-corrected chi connectivity index (χ4v) is 2.59. The van der Waals surface area contributed by atoms with Crippen LogP contribution in [0, 0.1) is 0 Å². The van der Waals surface area contributed by atoms with Crippen molar-refractivity contribution >= 4 is 5.91 Å². The molecule has 0 aromatic heterocycles. The van der Waals surface area contributed by atoms with E-state index in [2.05, 4.69) is 29.4 Å². The van der Waals surface area contributed by atoms with E-state index in [1.54, 1.807) is 0 Å². The van der Waals surface area contributed by atoms with Crippen molar-refractivity contribution in [3.8, 4) is 0 Å². The fraction of sp³-hybridized carbons (Fsp3) is 0.933. The molecule has 0 radical (unpaired) electrons. The maximum atomic E-state index is 11.9. The number of carbonyl (C=O) groups is 1. The SMILES string of the molecule is CCCCNC(=O)CN1CCCCC1CNCCC. The highest BCUT2D eigenvalue weighted by Crippen LogP contribution is 2.15. The zero-order chi connectivity index (χ0) is 13.9. The Balaban J connectivity index is 2.28. The van der Waals surface area contributed by atoms with Crippen molar-refractivity contribution in [2.45, 2.75) is 58.4 Å². The van der Waals surface area contributed by atoms with Crippen molar-refractivity contribution in [1.82, 2.24) is 15.5 Å². The van der Waals surface area contributed by atoms with Crippen LogP contribution >= 0.6 is 0 Å². The summed E-state index contributed by atoms with van der Waals surface area (Å²) in [6, 6.07) is 0.539. The summed E-state index contributed by atoms with van der Waals surface area (Å²) in [4.78, 5) is 14.2. The largest absolute Gasteiger partial charge is 0.355 e. The Hall–Kier alpha value is -0.610. The molecule has 1 unspecified atom stereocenters. The number of rotatable bonds is 9. The summed E-state index contributed by atoms with van der Waals surface area (Å²) in [5, 5.41) is 6.50. The highest BCUT2D eigenvalue weighted by atomic mass is 16.2. The molecule has 0 spiro atoms. The third kappa shape index (κ3) is 6.92. The minimum Gasteiger partial charge on any atom is -0.355 e. The van der Waals surface area contributed by atoms with Crippen LogP contribution in [0.3, 0.4) is 0 Å². The second-order valence-electron chi connectivity index (χ2n) is 5.53. The molecule has 1 fully saturated rings. The normalized spacial score (nSPS) is 20.4. The number of hydrogen-bond donors (Lipinski definition) is 2. The molecular weight excluding hydrogens is 238 g/mol. The minimum absolute atomic E-state index is 0.191. The molecule has 1 aliphatic heterocycles. The van der Waals surface area contributed by atoms with Gasteiger partial charge >= 0.3 is 0 Å². The van der Waals surface area contributed by atoms with E-state index in [1.165, 1.54) is 25.7 Å². The first-order valence-corrected chi connectivity index (χ1v) is 7.99. The molecule has 4 nitrogen and oxygen atoms in total. The summed E-state index contributed by atoms with van der Waals surface area (Å²) in [5.41, 5.74) is 0. The lowest BCUT2D eigenvalue weighted by molar-refractivity contribution is -0.123. The zero-order valence-electron chi connectivity index (χ0n) is 12.7. The fourth-order valence-electron chi connectivity index (χ4n) is 2.59. The van der Waals surface area contributed by atoms with E-state index in [0.717, 1.165) is 39.0 Å². The lowest BCUT2D eigenvalue weighted by Crippen LogP contribution is -2.49. The second kappa shape index (κ2) is 10.2. The Bertz CT molecular complexity index is 246. The van der Waals surface area contributed by atoms with Gasteiger partial charge in [-0.2, -0.15) is 0 Å². The molecule has 0 aromatic rings. The van der Waals surface area contributed by atoms with Gasteiger partial charge < -0.3 is 10.6 Å². The van der Waals surface area contributed by atoms with Crippen LogP contribution in [0.25, 0.3) is 0 Å². The number of nitrogens with one attached hydrogen (secondary N) is 2. The van der Waals surface area contributed by atoms with Gasteiger partial charge in [0.25, 0.3) is 0 Å². The number of nitrogens with zero attached hydrogens (tertiary/aromatic N) is 1. The van der Waals surface area contributed by atoms with Crippen LogP contribution < -0.4 is 10.6 Å². The standard InChI is InChI=1S/C15H31N3O/c1-3-5-10-17-15(19)13-18-11-7-6-8-14(18)12-16-9-4-2/h14,16H,3-13H2,1-2H3,(H,17,19). The van der Waals surface area contributed by atoms with E-state index >= 15 is 0 Å². The predicted molar refractivity (Wildman–Crippen MR) is 80.3 cm³/mol. The Morgan fingerprint density at radius 1 is 1.21 bits per heavy atom. The number of likely N-dealkylation sites (tertiary alicyclic amines) is 1. The van der Waals surface area contributed by atoms with Crippen LogP contribution in [0.5, 0.6) is 0 Å². The van der Waals surface area contributed by atoms with Gasteiger partial charge in [-0.3, -0.25) is 9.69 Å². The van der Waals surface area contributed by atoms with Crippen molar-refractivity contribution in [1.29, 1.82) is 0 Å². The first-order valence-electron chi connectivity index (χ1n) is 7.99. The smallest absolute Gasteiger partial charge is 0.234 e. The molecular formula is C15H31N3O. The van der Waals surface area contributed by atoms with Gasteiger partial charge in [0.05, 0.1) is 6.54 Å². The summed E-state index contributed by atoms with van der Waals surface area (Å²) >= 11 is 0. The third-order valence-electron chi connectivity index (χ3n) is 3.76. The molecule has 4 heteroatoms. The van der Waals surface area contributed by atoms with Gasteiger partial charge in [-0.15, -0.1) is 0 Å². The molecule has 0 aromatic carbocycles. The molecule has 1 heterocycles. The molecule has 2 N–H and O–H groups in total. The van der Waals surface area contributed by atoms with E-state index in [1.807, 2.05) is 0 Å². The highest BCUT2D eigenvalue weighted by molar-refractivity contribution is 5.78. The van der Waals surface area contributed by atoms with Gasteiger partial charge in [0.1, 0.15) is 0 Å². The minimum atomic E-state index is 0.191. The van der Waals surface area contributed by atoms with E-state index < -0.39 is 0 Å². The van der Waals surface area contributed by atoms with Gasteiger partial charge in [0.2, 0.25) is 5.91 Å². The van der Waals surface area contributed by atoms with Crippen LogP contribution in [-0.4, -0.2) is 49.6 Å². The van der Waals surface area contributed by atoms with Gasteiger partial charge in [0, 0.05) is 19.1 Å². The van der Waals surface area contributed by atoms with Gasteiger partial charge in [-0.05, 0) is 38.8 Å². The molecule has 19 heavy (non-hydrogen) atoms. The van der Waals surface area contributed by atoms with E-state index in [-0.39, 0.29) is 5.91 Å². The average molecular weight is 269 g/mol. The molecule has 1 aliphatic rings. The van der Waals surface area contributed by atoms with E-state index in [4.69, 9.17) is 0 Å². The monoisotopic (exact) mass is 269 g/mol. The number of unbranched alkanes of at least 4 members (excludes halogenated alkanes) is 1. The van der Waals surface area contributed by atoms with Crippen LogP contribution in [0.1, 0.15) is 52.4 Å². The lowest BCUT2D eigenvalue weighted by atomic mass is 10.0. The van der Waals surface area contributed by atoms with Crippen LogP contribution in [0.4, 0.5) is 0 Å². The first kappa shape index (κ1) is 16.4.